The molecule has 0 saturated heterocycles. The predicted molar refractivity (Wildman–Crippen MR) is 81.6 cm³/mol. The van der Waals surface area contributed by atoms with Crippen LogP contribution >= 0.6 is 11.6 Å². The number of hydrogen-bond acceptors (Lipinski definition) is 3. The normalized spacial score (nSPS) is 12.0. The molecule has 0 spiro atoms. The third-order valence-corrected chi connectivity index (χ3v) is 3.50. The van der Waals surface area contributed by atoms with Crippen molar-refractivity contribution >= 4 is 11.6 Å². The van der Waals surface area contributed by atoms with Crippen LogP contribution in [0.25, 0.3) is 0 Å². The molecule has 0 aliphatic carbocycles. The maximum atomic E-state index is 13.8. The number of methoxy groups -OCH3 is 2. The van der Waals surface area contributed by atoms with Crippen LogP contribution in [0, 0.1) is 5.82 Å². The van der Waals surface area contributed by atoms with Crippen LogP contribution in [0.5, 0.6) is 11.5 Å². The van der Waals surface area contributed by atoms with Crippen molar-refractivity contribution in [3.63, 3.8) is 0 Å². The van der Waals surface area contributed by atoms with E-state index >= 15 is 0 Å². The van der Waals surface area contributed by atoms with Crippen molar-refractivity contribution in [3.8, 4) is 11.5 Å². The molecule has 0 saturated carbocycles. The van der Waals surface area contributed by atoms with Gasteiger partial charge in [0.1, 0.15) is 5.82 Å². The zero-order valence-electron chi connectivity index (χ0n) is 11.9. The van der Waals surface area contributed by atoms with Gasteiger partial charge < -0.3 is 15.2 Å². The van der Waals surface area contributed by atoms with E-state index in [9.17, 15) is 4.39 Å². The zero-order valence-corrected chi connectivity index (χ0v) is 12.7. The second kappa shape index (κ2) is 6.78. The summed E-state index contributed by atoms with van der Waals surface area (Å²) in [5.74, 6) is 0.907. The lowest BCUT2D eigenvalue weighted by molar-refractivity contribution is 0.354. The van der Waals surface area contributed by atoms with Gasteiger partial charge in [-0.25, -0.2) is 4.39 Å². The fourth-order valence-corrected chi connectivity index (χ4v) is 2.35. The maximum absolute atomic E-state index is 13.8. The standard InChI is InChI=1S/C16H17ClFNO2/c1-20-15-6-3-10(8-16(15)21-2)7-14(19)12-9-11(17)4-5-13(12)18/h3-6,8-9,14H,7,19H2,1-2H3. The van der Waals surface area contributed by atoms with Crippen molar-refractivity contribution < 1.29 is 13.9 Å². The Morgan fingerprint density at radius 2 is 1.81 bits per heavy atom. The van der Waals surface area contributed by atoms with E-state index in [1.165, 1.54) is 12.1 Å². The van der Waals surface area contributed by atoms with Gasteiger partial charge in [0.05, 0.1) is 14.2 Å². The summed E-state index contributed by atoms with van der Waals surface area (Å²) in [4.78, 5) is 0. The second-order valence-corrected chi connectivity index (χ2v) is 5.10. The molecule has 2 aromatic rings. The highest BCUT2D eigenvalue weighted by Gasteiger charge is 2.14. The fourth-order valence-electron chi connectivity index (χ4n) is 2.17. The van der Waals surface area contributed by atoms with Gasteiger partial charge >= 0.3 is 0 Å². The average molecular weight is 310 g/mol. The monoisotopic (exact) mass is 309 g/mol. The van der Waals surface area contributed by atoms with Gasteiger partial charge in [0.2, 0.25) is 0 Å². The van der Waals surface area contributed by atoms with Crippen LogP contribution in [0.3, 0.4) is 0 Å². The Morgan fingerprint density at radius 3 is 2.48 bits per heavy atom. The molecule has 2 N–H and O–H groups in total. The van der Waals surface area contributed by atoms with Gasteiger partial charge in [0.25, 0.3) is 0 Å². The molecule has 1 atom stereocenters. The van der Waals surface area contributed by atoms with Crippen molar-refractivity contribution in [3.05, 3.63) is 58.4 Å². The van der Waals surface area contributed by atoms with Crippen molar-refractivity contribution in [2.45, 2.75) is 12.5 Å². The molecule has 21 heavy (non-hydrogen) atoms. The summed E-state index contributed by atoms with van der Waals surface area (Å²) in [7, 11) is 3.14. The molecular weight excluding hydrogens is 293 g/mol. The van der Waals surface area contributed by atoms with E-state index in [2.05, 4.69) is 0 Å². The van der Waals surface area contributed by atoms with Crippen molar-refractivity contribution in [1.82, 2.24) is 0 Å². The van der Waals surface area contributed by atoms with Crippen molar-refractivity contribution in [1.29, 1.82) is 0 Å². The Balaban J connectivity index is 2.23. The number of ether oxygens (including phenoxy) is 2. The van der Waals surface area contributed by atoms with Crippen LogP contribution in [0.2, 0.25) is 5.02 Å². The number of benzene rings is 2. The first-order chi connectivity index (χ1) is 10.0. The van der Waals surface area contributed by atoms with E-state index in [-0.39, 0.29) is 5.82 Å². The van der Waals surface area contributed by atoms with Gasteiger partial charge in [-0.05, 0) is 42.3 Å². The Morgan fingerprint density at radius 1 is 1.10 bits per heavy atom. The first-order valence-electron chi connectivity index (χ1n) is 6.46. The summed E-state index contributed by atoms with van der Waals surface area (Å²) in [5.41, 5.74) is 7.42. The molecule has 0 aliphatic rings. The molecule has 0 bridgehead atoms. The highest BCUT2D eigenvalue weighted by molar-refractivity contribution is 6.30. The lowest BCUT2D eigenvalue weighted by Gasteiger charge is -2.15. The topological polar surface area (TPSA) is 44.5 Å². The quantitative estimate of drug-likeness (QED) is 0.915. The van der Waals surface area contributed by atoms with Crippen LogP contribution < -0.4 is 15.2 Å². The van der Waals surface area contributed by atoms with E-state index in [0.29, 0.717) is 28.5 Å². The number of nitrogens with two attached hydrogens (primary N) is 1. The molecule has 0 amide bonds. The van der Waals surface area contributed by atoms with Gasteiger partial charge in [-0.15, -0.1) is 0 Å². The second-order valence-electron chi connectivity index (χ2n) is 4.67. The lowest BCUT2D eigenvalue weighted by Crippen LogP contribution is -2.15. The van der Waals surface area contributed by atoms with E-state index in [4.69, 9.17) is 26.8 Å². The largest absolute Gasteiger partial charge is 0.493 e. The van der Waals surface area contributed by atoms with E-state index in [0.717, 1.165) is 5.56 Å². The van der Waals surface area contributed by atoms with Crippen LogP contribution in [-0.4, -0.2) is 14.2 Å². The smallest absolute Gasteiger partial charge is 0.160 e. The first kappa shape index (κ1) is 15.6. The van der Waals surface area contributed by atoms with Crippen LogP contribution in [0.1, 0.15) is 17.2 Å². The number of halogens is 2. The first-order valence-corrected chi connectivity index (χ1v) is 6.84. The highest BCUT2D eigenvalue weighted by atomic mass is 35.5. The Labute approximate surface area is 128 Å². The summed E-state index contributed by atoms with van der Waals surface area (Å²) in [6.07, 6.45) is 0.470. The summed E-state index contributed by atoms with van der Waals surface area (Å²) in [6, 6.07) is 9.42. The number of rotatable bonds is 5. The van der Waals surface area contributed by atoms with E-state index < -0.39 is 6.04 Å². The molecule has 1 unspecified atom stereocenters. The molecule has 2 aromatic carbocycles. The molecule has 5 heteroatoms. The molecule has 2 rings (SSSR count). The summed E-state index contributed by atoms with van der Waals surface area (Å²) in [5, 5.41) is 0.467. The Bertz CT molecular complexity index is 634. The van der Waals surface area contributed by atoms with Crippen molar-refractivity contribution in [2.75, 3.05) is 14.2 Å². The van der Waals surface area contributed by atoms with Crippen LogP contribution in [-0.2, 0) is 6.42 Å². The lowest BCUT2D eigenvalue weighted by atomic mass is 9.99. The summed E-state index contributed by atoms with van der Waals surface area (Å²) >= 11 is 5.89. The minimum atomic E-state index is -0.484. The summed E-state index contributed by atoms with van der Waals surface area (Å²) in [6.45, 7) is 0. The van der Waals surface area contributed by atoms with E-state index in [1.807, 2.05) is 12.1 Å². The molecule has 0 heterocycles. The van der Waals surface area contributed by atoms with Crippen LogP contribution in [0.15, 0.2) is 36.4 Å². The molecule has 0 fully saturated rings. The maximum Gasteiger partial charge on any atom is 0.160 e. The minimum Gasteiger partial charge on any atom is -0.493 e. The molecule has 3 nitrogen and oxygen atoms in total. The van der Waals surface area contributed by atoms with Crippen molar-refractivity contribution in [2.24, 2.45) is 5.73 Å². The molecule has 0 aliphatic heterocycles. The third kappa shape index (κ3) is 3.65. The Kier molecular flexibility index (Phi) is 5.04. The molecule has 112 valence electrons. The van der Waals surface area contributed by atoms with E-state index in [1.54, 1.807) is 26.4 Å². The van der Waals surface area contributed by atoms with Gasteiger partial charge in [0.15, 0.2) is 11.5 Å². The van der Waals surface area contributed by atoms with Gasteiger partial charge in [-0.2, -0.15) is 0 Å². The molecule has 0 aromatic heterocycles. The fraction of sp³-hybridized carbons (Fsp3) is 0.250. The highest BCUT2D eigenvalue weighted by Crippen LogP contribution is 2.30. The molecule has 0 radical (unpaired) electrons. The average Bonchev–Trinajstić information content (AvgIpc) is 2.49. The SMILES string of the molecule is COc1ccc(CC(N)c2cc(Cl)ccc2F)cc1OC. The van der Waals surface area contributed by atoms with Crippen LogP contribution in [0.4, 0.5) is 4.39 Å². The zero-order chi connectivity index (χ0) is 15.4. The van der Waals surface area contributed by atoms with Gasteiger partial charge in [-0.3, -0.25) is 0 Å². The molecular formula is C16H17ClFNO2. The van der Waals surface area contributed by atoms with Gasteiger partial charge in [0, 0.05) is 16.6 Å². The summed E-state index contributed by atoms with van der Waals surface area (Å²) < 4.78 is 24.2. The third-order valence-electron chi connectivity index (χ3n) is 3.26. The van der Waals surface area contributed by atoms with Gasteiger partial charge in [-0.1, -0.05) is 17.7 Å². The Hall–Kier alpha value is -1.78. The predicted octanol–water partition coefficient (Wildman–Crippen LogP) is 3.74. The number of hydrogen-bond donors (Lipinski definition) is 1. The minimum absolute atomic E-state index is 0.354.